The maximum Gasteiger partial charge on any atom is 0.229 e. The Morgan fingerprint density at radius 3 is 2.46 bits per heavy atom. The Morgan fingerprint density at radius 2 is 1.75 bits per heavy atom. The molecule has 1 heterocycles. The SMILES string of the molecule is Cc1cc(Nc2ncc(Cl)c(Nc3ccc(F)cc3)n2)ccc1N. The number of hydrogen-bond acceptors (Lipinski definition) is 5. The molecule has 5 nitrogen and oxygen atoms in total. The molecule has 0 bridgehead atoms. The fourth-order valence-electron chi connectivity index (χ4n) is 2.07. The molecule has 24 heavy (non-hydrogen) atoms. The third kappa shape index (κ3) is 3.72. The van der Waals surface area contributed by atoms with E-state index in [1.807, 2.05) is 25.1 Å². The standard InChI is InChI=1S/C17H15ClFN5/c1-10-8-13(6-7-15(10)20)23-17-21-9-14(18)16(24-17)22-12-4-2-11(19)3-5-12/h2-9H,20H2,1H3,(H2,21,22,23,24). The Kier molecular flexibility index (Phi) is 4.48. The van der Waals surface area contributed by atoms with E-state index in [2.05, 4.69) is 20.6 Å². The first-order valence-electron chi connectivity index (χ1n) is 7.19. The molecule has 0 aliphatic carbocycles. The second kappa shape index (κ2) is 6.72. The van der Waals surface area contributed by atoms with Gasteiger partial charge in [0.1, 0.15) is 10.8 Å². The summed E-state index contributed by atoms with van der Waals surface area (Å²) in [5, 5.41) is 6.49. The van der Waals surface area contributed by atoms with Crippen LogP contribution < -0.4 is 16.4 Å². The molecule has 0 radical (unpaired) electrons. The highest BCUT2D eigenvalue weighted by Gasteiger charge is 2.07. The number of halogens is 2. The fourth-order valence-corrected chi connectivity index (χ4v) is 2.21. The largest absolute Gasteiger partial charge is 0.399 e. The fraction of sp³-hybridized carbons (Fsp3) is 0.0588. The molecule has 0 aliphatic rings. The van der Waals surface area contributed by atoms with Crippen LogP contribution >= 0.6 is 11.6 Å². The van der Waals surface area contributed by atoms with Crippen molar-refractivity contribution >= 4 is 40.4 Å². The molecule has 0 saturated carbocycles. The van der Waals surface area contributed by atoms with Crippen LogP contribution in [0.1, 0.15) is 5.56 Å². The van der Waals surface area contributed by atoms with Gasteiger partial charge in [-0.25, -0.2) is 9.37 Å². The number of aromatic nitrogens is 2. The first-order valence-corrected chi connectivity index (χ1v) is 7.57. The molecule has 0 atom stereocenters. The molecule has 2 aromatic carbocycles. The van der Waals surface area contributed by atoms with Gasteiger partial charge in [-0.1, -0.05) is 11.6 Å². The second-order valence-corrected chi connectivity index (χ2v) is 5.63. The summed E-state index contributed by atoms with van der Waals surface area (Å²) in [6, 6.07) is 11.5. The van der Waals surface area contributed by atoms with Gasteiger partial charge in [-0.05, 0) is 55.0 Å². The van der Waals surface area contributed by atoms with Crippen LogP contribution in [0, 0.1) is 12.7 Å². The van der Waals surface area contributed by atoms with Gasteiger partial charge in [0.05, 0.1) is 6.20 Å². The van der Waals surface area contributed by atoms with Crippen molar-refractivity contribution in [3.8, 4) is 0 Å². The van der Waals surface area contributed by atoms with Crippen LogP contribution in [-0.2, 0) is 0 Å². The van der Waals surface area contributed by atoms with Crippen LogP contribution in [0.5, 0.6) is 0 Å². The zero-order chi connectivity index (χ0) is 17.1. The maximum atomic E-state index is 13.0. The summed E-state index contributed by atoms with van der Waals surface area (Å²) in [4.78, 5) is 8.50. The van der Waals surface area contributed by atoms with E-state index in [1.54, 1.807) is 12.1 Å². The molecule has 3 aromatic rings. The quantitative estimate of drug-likeness (QED) is 0.601. The predicted molar refractivity (Wildman–Crippen MR) is 95.6 cm³/mol. The minimum atomic E-state index is -0.310. The molecule has 0 fully saturated rings. The van der Waals surface area contributed by atoms with Crippen molar-refractivity contribution in [3.63, 3.8) is 0 Å². The minimum Gasteiger partial charge on any atom is -0.399 e. The zero-order valence-electron chi connectivity index (χ0n) is 12.8. The van der Waals surface area contributed by atoms with Gasteiger partial charge in [0.25, 0.3) is 0 Å². The predicted octanol–water partition coefficient (Wildman–Crippen LogP) is 4.65. The molecular formula is C17H15ClFN5. The van der Waals surface area contributed by atoms with E-state index in [9.17, 15) is 4.39 Å². The summed E-state index contributed by atoms with van der Waals surface area (Å²) in [6.45, 7) is 1.92. The summed E-state index contributed by atoms with van der Waals surface area (Å²) in [5.74, 6) is 0.497. The number of nitrogen functional groups attached to an aromatic ring is 1. The Hall–Kier alpha value is -2.86. The lowest BCUT2D eigenvalue weighted by molar-refractivity contribution is 0.628. The Labute approximate surface area is 143 Å². The number of aryl methyl sites for hydroxylation is 1. The Morgan fingerprint density at radius 1 is 1.04 bits per heavy atom. The lowest BCUT2D eigenvalue weighted by Gasteiger charge is -2.11. The number of hydrogen-bond donors (Lipinski definition) is 3. The molecular weight excluding hydrogens is 329 g/mol. The van der Waals surface area contributed by atoms with Gasteiger partial charge in [-0.2, -0.15) is 4.98 Å². The van der Waals surface area contributed by atoms with Crippen LogP contribution in [-0.4, -0.2) is 9.97 Å². The maximum absolute atomic E-state index is 13.0. The third-order valence-corrected chi connectivity index (χ3v) is 3.65. The second-order valence-electron chi connectivity index (χ2n) is 5.22. The van der Waals surface area contributed by atoms with Gasteiger partial charge in [-0.3, -0.25) is 0 Å². The smallest absolute Gasteiger partial charge is 0.229 e. The van der Waals surface area contributed by atoms with E-state index in [0.717, 1.165) is 16.9 Å². The van der Waals surface area contributed by atoms with Gasteiger partial charge in [0, 0.05) is 17.1 Å². The molecule has 0 aliphatic heterocycles. The Bertz CT molecular complexity index is 867. The highest BCUT2D eigenvalue weighted by molar-refractivity contribution is 6.32. The number of benzene rings is 2. The average Bonchev–Trinajstić information content (AvgIpc) is 2.56. The zero-order valence-corrected chi connectivity index (χ0v) is 13.6. The number of nitrogens with two attached hydrogens (primary N) is 1. The average molecular weight is 344 g/mol. The molecule has 3 rings (SSSR count). The number of nitrogens with zero attached hydrogens (tertiary/aromatic N) is 2. The van der Waals surface area contributed by atoms with Gasteiger partial charge in [0.15, 0.2) is 5.82 Å². The summed E-state index contributed by atoms with van der Waals surface area (Å²) in [5.41, 5.74) is 8.97. The molecule has 122 valence electrons. The van der Waals surface area contributed by atoms with Crippen molar-refractivity contribution in [1.82, 2.24) is 9.97 Å². The summed E-state index contributed by atoms with van der Waals surface area (Å²) in [7, 11) is 0. The third-order valence-electron chi connectivity index (χ3n) is 3.38. The minimum absolute atomic E-state index is 0.310. The van der Waals surface area contributed by atoms with Crippen LogP contribution in [0.25, 0.3) is 0 Å². The van der Waals surface area contributed by atoms with Crippen molar-refractivity contribution in [1.29, 1.82) is 0 Å². The number of rotatable bonds is 4. The Balaban J connectivity index is 1.82. The van der Waals surface area contributed by atoms with E-state index in [-0.39, 0.29) is 5.82 Å². The summed E-state index contributed by atoms with van der Waals surface area (Å²) in [6.07, 6.45) is 1.49. The summed E-state index contributed by atoms with van der Waals surface area (Å²) >= 11 is 6.12. The van der Waals surface area contributed by atoms with Crippen molar-refractivity contribution < 1.29 is 4.39 Å². The first kappa shape index (κ1) is 16.0. The van der Waals surface area contributed by atoms with E-state index >= 15 is 0 Å². The molecule has 4 N–H and O–H groups in total. The molecule has 0 spiro atoms. The monoisotopic (exact) mass is 343 g/mol. The first-order chi connectivity index (χ1) is 11.5. The topological polar surface area (TPSA) is 75.9 Å². The lowest BCUT2D eigenvalue weighted by atomic mass is 10.2. The highest BCUT2D eigenvalue weighted by Crippen LogP contribution is 2.25. The lowest BCUT2D eigenvalue weighted by Crippen LogP contribution is -2.02. The van der Waals surface area contributed by atoms with E-state index in [4.69, 9.17) is 17.3 Å². The molecule has 0 saturated heterocycles. The van der Waals surface area contributed by atoms with Crippen LogP contribution in [0.15, 0.2) is 48.7 Å². The van der Waals surface area contributed by atoms with Crippen LogP contribution in [0.3, 0.4) is 0 Å². The van der Waals surface area contributed by atoms with Crippen molar-refractivity contribution in [2.45, 2.75) is 6.92 Å². The van der Waals surface area contributed by atoms with Crippen molar-refractivity contribution in [3.05, 3.63) is 65.1 Å². The highest BCUT2D eigenvalue weighted by atomic mass is 35.5. The molecule has 1 aromatic heterocycles. The van der Waals surface area contributed by atoms with E-state index < -0.39 is 0 Å². The van der Waals surface area contributed by atoms with Crippen LogP contribution in [0.4, 0.5) is 33.2 Å². The van der Waals surface area contributed by atoms with Gasteiger partial charge in [0.2, 0.25) is 5.95 Å². The summed E-state index contributed by atoms with van der Waals surface area (Å²) < 4.78 is 13.0. The molecule has 0 unspecified atom stereocenters. The molecule has 0 amide bonds. The van der Waals surface area contributed by atoms with Gasteiger partial charge < -0.3 is 16.4 Å². The van der Waals surface area contributed by atoms with Crippen LogP contribution in [0.2, 0.25) is 5.02 Å². The van der Waals surface area contributed by atoms with E-state index in [1.165, 1.54) is 18.3 Å². The van der Waals surface area contributed by atoms with Crippen molar-refractivity contribution in [2.75, 3.05) is 16.4 Å². The number of anilines is 5. The molecule has 7 heteroatoms. The van der Waals surface area contributed by atoms with E-state index in [0.29, 0.717) is 22.5 Å². The van der Waals surface area contributed by atoms with Crippen molar-refractivity contribution in [2.24, 2.45) is 0 Å². The number of nitrogens with one attached hydrogen (secondary N) is 2. The normalized spacial score (nSPS) is 10.5. The van der Waals surface area contributed by atoms with Gasteiger partial charge in [-0.15, -0.1) is 0 Å². The van der Waals surface area contributed by atoms with Gasteiger partial charge >= 0.3 is 0 Å².